The van der Waals surface area contributed by atoms with Crippen LogP contribution in [0, 0.1) is 0 Å². The van der Waals surface area contributed by atoms with E-state index < -0.39 is 0 Å². The van der Waals surface area contributed by atoms with E-state index in [1.807, 2.05) is 12.1 Å². The van der Waals surface area contributed by atoms with Crippen LogP contribution >= 0.6 is 0 Å². The molecule has 24 heavy (non-hydrogen) atoms. The second-order valence-corrected chi connectivity index (χ2v) is 6.07. The number of anilines is 1. The van der Waals surface area contributed by atoms with E-state index in [0.29, 0.717) is 18.7 Å². The number of amides is 2. The highest BCUT2D eigenvalue weighted by Gasteiger charge is 2.21. The summed E-state index contributed by atoms with van der Waals surface area (Å²) < 4.78 is 5.51. The molecule has 1 atom stereocenters. The van der Waals surface area contributed by atoms with Crippen molar-refractivity contribution in [3.63, 3.8) is 0 Å². The van der Waals surface area contributed by atoms with Crippen LogP contribution in [-0.2, 0) is 9.59 Å². The van der Waals surface area contributed by atoms with Gasteiger partial charge >= 0.3 is 0 Å². The van der Waals surface area contributed by atoms with Crippen LogP contribution in [0.25, 0.3) is 0 Å². The Labute approximate surface area is 143 Å². The maximum Gasteiger partial charge on any atom is 0.258 e. The van der Waals surface area contributed by atoms with Crippen LogP contribution in [0.1, 0.15) is 39.0 Å². The molecule has 1 aromatic rings. The SMILES string of the molecule is CCCCC(CN)NC(=O)COc1ccc(N2CCCC2=O)cc1. The molecule has 132 valence electrons. The second-order valence-electron chi connectivity index (χ2n) is 6.07. The highest BCUT2D eigenvalue weighted by atomic mass is 16.5. The molecular formula is C18H27N3O3. The first-order valence-corrected chi connectivity index (χ1v) is 8.66. The first-order valence-electron chi connectivity index (χ1n) is 8.66. The van der Waals surface area contributed by atoms with Gasteiger partial charge in [0.2, 0.25) is 5.91 Å². The Morgan fingerprint density at radius 2 is 2.12 bits per heavy atom. The minimum Gasteiger partial charge on any atom is -0.484 e. The number of nitrogens with two attached hydrogens (primary N) is 1. The fraction of sp³-hybridized carbons (Fsp3) is 0.556. The van der Waals surface area contributed by atoms with Gasteiger partial charge in [-0.3, -0.25) is 9.59 Å². The van der Waals surface area contributed by atoms with Crippen LogP contribution in [0.5, 0.6) is 5.75 Å². The van der Waals surface area contributed by atoms with Gasteiger partial charge in [0, 0.05) is 31.2 Å². The molecule has 1 aliphatic rings. The lowest BCUT2D eigenvalue weighted by Crippen LogP contribution is -2.42. The third-order valence-corrected chi connectivity index (χ3v) is 4.15. The zero-order valence-corrected chi connectivity index (χ0v) is 14.3. The molecule has 1 aromatic carbocycles. The molecule has 0 bridgehead atoms. The average Bonchev–Trinajstić information content (AvgIpc) is 3.03. The summed E-state index contributed by atoms with van der Waals surface area (Å²) in [6.07, 6.45) is 4.52. The van der Waals surface area contributed by atoms with Gasteiger partial charge in [0.15, 0.2) is 6.61 Å². The van der Waals surface area contributed by atoms with Crippen molar-refractivity contribution in [2.75, 3.05) is 24.6 Å². The third kappa shape index (κ3) is 5.23. The van der Waals surface area contributed by atoms with Crippen molar-refractivity contribution in [3.8, 4) is 5.75 Å². The Bertz CT molecular complexity index is 545. The summed E-state index contributed by atoms with van der Waals surface area (Å²) in [4.78, 5) is 25.4. The van der Waals surface area contributed by atoms with Crippen molar-refractivity contribution in [1.82, 2.24) is 5.32 Å². The highest BCUT2D eigenvalue weighted by Crippen LogP contribution is 2.23. The summed E-state index contributed by atoms with van der Waals surface area (Å²) in [5.41, 5.74) is 6.54. The predicted molar refractivity (Wildman–Crippen MR) is 94.0 cm³/mol. The van der Waals surface area contributed by atoms with Gasteiger partial charge in [-0.2, -0.15) is 0 Å². The standard InChI is InChI=1S/C18H27N3O3/c1-2-3-5-14(12-19)20-17(22)13-24-16-9-7-15(8-10-16)21-11-4-6-18(21)23/h7-10,14H,2-6,11-13,19H2,1H3,(H,20,22). The number of benzene rings is 1. The monoisotopic (exact) mass is 333 g/mol. The average molecular weight is 333 g/mol. The molecule has 0 aliphatic carbocycles. The molecule has 1 fully saturated rings. The summed E-state index contributed by atoms with van der Waals surface area (Å²) in [5.74, 6) is 0.599. The summed E-state index contributed by atoms with van der Waals surface area (Å²) >= 11 is 0. The van der Waals surface area contributed by atoms with Gasteiger partial charge < -0.3 is 20.7 Å². The minimum atomic E-state index is -0.166. The number of carbonyl (C=O) groups is 2. The van der Waals surface area contributed by atoms with E-state index in [0.717, 1.165) is 37.9 Å². The summed E-state index contributed by atoms with van der Waals surface area (Å²) in [6, 6.07) is 7.27. The molecule has 2 amide bonds. The number of hydrogen-bond acceptors (Lipinski definition) is 4. The van der Waals surface area contributed by atoms with Crippen molar-refractivity contribution >= 4 is 17.5 Å². The normalized spacial score (nSPS) is 15.4. The van der Waals surface area contributed by atoms with E-state index in [4.69, 9.17) is 10.5 Å². The molecule has 1 heterocycles. The van der Waals surface area contributed by atoms with Crippen LogP contribution in [0.2, 0.25) is 0 Å². The number of carbonyl (C=O) groups excluding carboxylic acids is 2. The molecule has 3 N–H and O–H groups in total. The maximum atomic E-state index is 11.9. The predicted octanol–water partition coefficient (Wildman–Crippen LogP) is 1.83. The fourth-order valence-electron chi connectivity index (χ4n) is 2.76. The summed E-state index contributed by atoms with van der Waals surface area (Å²) in [6.45, 7) is 3.27. The Balaban J connectivity index is 1.79. The smallest absolute Gasteiger partial charge is 0.258 e. The zero-order valence-electron chi connectivity index (χ0n) is 14.3. The van der Waals surface area contributed by atoms with Crippen molar-refractivity contribution < 1.29 is 14.3 Å². The molecule has 1 saturated heterocycles. The van der Waals surface area contributed by atoms with Crippen molar-refractivity contribution in [2.24, 2.45) is 5.73 Å². The van der Waals surface area contributed by atoms with E-state index in [9.17, 15) is 9.59 Å². The van der Waals surface area contributed by atoms with E-state index in [-0.39, 0.29) is 24.5 Å². The molecule has 2 rings (SSSR count). The van der Waals surface area contributed by atoms with E-state index in [1.54, 1.807) is 17.0 Å². The lowest BCUT2D eigenvalue weighted by Gasteiger charge is -2.17. The zero-order chi connectivity index (χ0) is 17.4. The molecule has 0 spiro atoms. The Morgan fingerprint density at radius 3 is 2.71 bits per heavy atom. The Hall–Kier alpha value is -2.08. The molecule has 0 saturated carbocycles. The van der Waals surface area contributed by atoms with Gasteiger partial charge in [0.1, 0.15) is 5.75 Å². The lowest BCUT2D eigenvalue weighted by molar-refractivity contribution is -0.123. The molecule has 6 nitrogen and oxygen atoms in total. The first-order chi connectivity index (χ1) is 11.6. The van der Waals surface area contributed by atoms with Crippen molar-refractivity contribution in [1.29, 1.82) is 0 Å². The largest absolute Gasteiger partial charge is 0.484 e. The topological polar surface area (TPSA) is 84.7 Å². The van der Waals surface area contributed by atoms with Crippen LogP contribution in [0.4, 0.5) is 5.69 Å². The van der Waals surface area contributed by atoms with Crippen LogP contribution < -0.4 is 20.7 Å². The number of nitrogens with one attached hydrogen (secondary N) is 1. The van der Waals surface area contributed by atoms with Gasteiger partial charge in [-0.1, -0.05) is 19.8 Å². The van der Waals surface area contributed by atoms with Crippen molar-refractivity contribution in [2.45, 2.75) is 45.1 Å². The number of hydrogen-bond donors (Lipinski definition) is 2. The van der Waals surface area contributed by atoms with Gasteiger partial charge in [-0.15, -0.1) is 0 Å². The lowest BCUT2D eigenvalue weighted by atomic mass is 10.1. The molecule has 0 radical (unpaired) electrons. The molecule has 1 aliphatic heterocycles. The maximum absolute atomic E-state index is 11.9. The third-order valence-electron chi connectivity index (χ3n) is 4.15. The first kappa shape index (κ1) is 18.3. The van der Waals surface area contributed by atoms with Crippen LogP contribution in [-0.4, -0.2) is 37.6 Å². The van der Waals surface area contributed by atoms with Crippen LogP contribution in [0.15, 0.2) is 24.3 Å². The van der Waals surface area contributed by atoms with E-state index in [1.165, 1.54) is 0 Å². The fourth-order valence-corrected chi connectivity index (χ4v) is 2.76. The minimum absolute atomic E-state index is 0.00426. The Morgan fingerprint density at radius 1 is 1.38 bits per heavy atom. The van der Waals surface area contributed by atoms with Crippen LogP contribution in [0.3, 0.4) is 0 Å². The number of rotatable bonds is 9. The van der Waals surface area contributed by atoms with Gasteiger partial charge in [-0.25, -0.2) is 0 Å². The Kier molecular flexibility index (Phi) is 7.06. The molecule has 6 heteroatoms. The van der Waals surface area contributed by atoms with E-state index >= 15 is 0 Å². The van der Waals surface area contributed by atoms with E-state index in [2.05, 4.69) is 12.2 Å². The summed E-state index contributed by atoms with van der Waals surface area (Å²) in [7, 11) is 0. The highest BCUT2D eigenvalue weighted by molar-refractivity contribution is 5.95. The number of unbranched alkanes of at least 4 members (excludes halogenated alkanes) is 1. The number of ether oxygens (including phenoxy) is 1. The quantitative estimate of drug-likeness (QED) is 0.722. The number of nitrogens with zero attached hydrogens (tertiary/aromatic N) is 1. The van der Waals surface area contributed by atoms with Gasteiger partial charge in [0.25, 0.3) is 5.91 Å². The summed E-state index contributed by atoms with van der Waals surface area (Å²) in [5, 5.41) is 2.89. The van der Waals surface area contributed by atoms with Crippen molar-refractivity contribution in [3.05, 3.63) is 24.3 Å². The molecule has 1 unspecified atom stereocenters. The van der Waals surface area contributed by atoms with Gasteiger partial charge in [-0.05, 0) is 37.1 Å². The van der Waals surface area contributed by atoms with Gasteiger partial charge in [0.05, 0.1) is 0 Å². The molecule has 0 aromatic heterocycles. The molecular weight excluding hydrogens is 306 g/mol. The second kappa shape index (κ2) is 9.27.